The number of alkyl halides is 2. The molecule has 1 aliphatic rings. The molecule has 8 nitrogen and oxygen atoms in total. The highest BCUT2D eigenvalue weighted by atomic mass is 19.3. The minimum absolute atomic E-state index is 0.127. The molecular weight excluding hydrogens is 406 g/mol. The highest BCUT2D eigenvalue weighted by Gasteiger charge is 2.33. The van der Waals surface area contributed by atoms with E-state index in [4.69, 9.17) is 4.42 Å². The van der Waals surface area contributed by atoms with Crippen molar-refractivity contribution in [3.63, 3.8) is 0 Å². The van der Waals surface area contributed by atoms with Crippen LogP contribution in [0.2, 0.25) is 0 Å². The summed E-state index contributed by atoms with van der Waals surface area (Å²) in [7, 11) is 0. The summed E-state index contributed by atoms with van der Waals surface area (Å²) in [5.41, 5.74) is 2.03. The largest absolute Gasteiger partial charge is 0.441 e. The number of piperidine rings is 1. The number of oxazole rings is 1. The maximum Gasteiger partial charge on any atom is 0.280 e. The van der Waals surface area contributed by atoms with Crippen LogP contribution in [0.1, 0.15) is 53.3 Å². The van der Waals surface area contributed by atoms with Gasteiger partial charge in [-0.15, -0.1) is 0 Å². The second-order valence-corrected chi connectivity index (χ2v) is 7.92. The zero-order chi connectivity index (χ0) is 21.7. The van der Waals surface area contributed by atoms with Gasteiger partial charge in [0.05, 0.1) is 5.69 Å². The number of aromatic nitrogens is 5. The van der Waals surface area contributed by atoms with Gasteiger partial charge < -0.3 is 9.32 Å². The molecule has 0 unspecified atom stereocenters. The quantitative estimate of drug-likeness (QED) is 0.495. The monoisotopic (exact) mass is 426 g/mol. The molecule has 0 N–H and O–H groups in total. The number of carbonyl (C=O) groups is 1. The van der Waals surface area contributed by atoms with E-state index in [0.717, 1.165) is 6.42 Å². The molecule has 31 heavy (non-hydrogen) atoms. The number of hydrogen-bond donors (Lipinski definition) is 0. The van der Waals surface area contributed by atoms with Crippen LogP contribution >= 0.6 is 0 Å². The van der Waals surface area contributed by atoms with Gasteiger partial charge in [-0.2, -0.15) is 10.1 Å². The number of hydrogen-bond acceptors (Lipinski definition) is 6. The van der Waals surface area contributed by atoms with Gasteiger partial charge in [0.2, 0.25) is 0 Å². The van der Waals surface area contributed by atoms with Gasteiger partial charge >= 0.3 is 0 Å². The summed E-state index contributed by atoms with van der Waals surface area (Å²) in [5, 5.41) is 4.17. The number of halogens is 2. The molecule has 160 valence electrons. The Labute approximate surface area is 175 Å². The van der Waals surface area contributed by atoms with Gasteiger partial charge in [0.25, 0.3) is 18.1 Å². The zero-order valence-corrected chi connectivity index (χ0v) is 17.0. The number of likely N-dealkylation sites (tertiary alicyclic amines) is 1. The molecule has 4 aromatic rings. The lowest BCUT2D eigenvalue weighted by Crippen LogP contribution is -2.42. The molecule has 5 rings (SSSR count). The summed E-state index contributed by atoms with van der Waals surface area (Å²) in [6.45, 7) is 4.78. The van der Waals surface area contributed by atoms with Crippen molar-refractivity contribution in [2.45, 2.75) is 32.6 Å². The average Bonchev–Trinajstić information content (AvgIpc) is 3.37. The average molecular weight is 426 g/mol. The first-order chi connectivity index (χ1) is 14.9. The minimum Gasteiger partial charge on any atom is -0.441 e. The molecule has 4 heterocycles. The lowest BCUT2D eigenvalue weighted by atomic mass is 9.84. The second kappa shape index (κ2) is 7.36. The standard InChI is InChI=1S/C21H20F2N6O2/c1-11-5-6-28(20(30)13-3-4-18-15(7-13)26-12(2)31-18)9-14(11)17-8-16(19(22)23)27-21-24-10-25-29(17)21/h3-4,7-8,10-11,14,19H,5-6,9H2,1-2H3/t11-,14-/m1/s1. The van der Waals surface area contributed by atoms with Crippen molar-refractivity contribution in [3.8, 4) is 0 Å². The topological polar surface area (TPSA) is 89.4 Å². The van der Waals surface area contributed by atoms with Gasteiger partial charge in [0, 0.05) is 31.5 Å². The summed E-state index contributed by atoms with van der Waals surface area (Å²) in [6.07, 6.45) is -0.675. The first-order valence-electron chi connectivity index (χ1n) is 10.1. The van der Waals surface area contributed by atoms with Crippen molar-refractivity contribution in [1.29, 1.82) is 0 Å². The lowest BCUT2D eigenvalue weighted by molar-refractivity contribution is 0.0665. The number of rotatable bonds is 3. The fourth-order valence-electron chi connectivity index (χ4n) is 4.23. The van der Waals surface area contributed by atoms with Crippen LogP contribution in [0.15, 0.2) is 35.0 Å². The molecule has 0 bridgehead atoms. The number of amides is 1. The molecule has 2 atom stereocenters. The van der Waals surface area contributed by atoms with Crippen LogP contribution < -0.4 is 0 Å². The van der Waals surface area contributed by atoms with E-state index < -0.39 is 6.43 Å². The summed E-state index contributed by atoms with van der Waals surface area (Å²) >= 11 is 0. The van der Waals surface area contributed by atoms with Crippen molar-refractivity contribution in [2.24, 2.45) is 5.92 Å². The van der Waals surface area contributed by atoms with Crippen molar-refractivity contribution in [3.05, 3.63) is 53.4 Å². The molecule has 3 aromatic heterocycles. The zero-order valence-electron chi connectivity index (χ0n) is 17.0. The van der Waals surface area contributed by atoms with Crippen molar-refractivity contribution in [2.75, 3.05) is 13.1 Å². The predicted octanol–water partition coefficient (Wildman–Crippen LogP) is 3.78. The Kier molecular flexibility index (Phi) is 4.64. The van der Waals surface area contributed by atoms with E-state index in [1.165, 1.54) is 16.9 Å². The summed E-state index contributed by atoms with van der Waals surface area (Å²) in [6, 6.07) is 6.56. The Hall–Kier alpha value is -3.43. The van der Waals surface area contributed by atoms with Crippen LogP contribution in [0.25, 0.3) is 16.9 Å². The van der Waals surface area contributed by atoms with Gasteiger partial charge in [-0.25, -0.2) is 23.3 Å². The van der Waals surface area contributed by atoms with Crippen LogP contribution in [0, 0.1) is 12.8 Å². The van der Waals surface area contributed by atoms with Crippen LogP contribution in [-0.4, -0.2) is 48.5 Å². The van der Waals surface area contributed by atoms with Crippen LogP contribution in [0.5, 0.6) is 0 Å². The summed E-state index contributed by atoms with van der Waals surface area (Å²) in [5.74, 6) is 0.536. The lowest BCUT2D eigenvalue weighted by Gasteiger charge is -2.37. The third kappa shape index (κ3) is 3.41. The molecule has 1 amide bonds. The molecule has 1 fully saturated rings. The van der Waals surface area contributed by atoms with E-state index in [1.54, 1.807) is 30.0 Å². The molecule has 1 aliphatic heterocycles. The van der Waals surface area contributed by atoms with Crippen molar-refractivity contribution >= 4 is 22.8 Å². The van der Waals surface area contributed by atoms with E-state index in [0.29, 0.717) is 41.3 Å². The highest BCUT2D eigenvalue weighted by molar-refractivity contribution is 5.97. The Morgan fingerprint density at radius 1 is 1.26 bits per heavy atom. The molecule has 1 saturated heterocycles. The van der Waals surface area contributed by atoms with Crippen LogP contribution in [0.4, 0.5) is 8.78 Å². The first kappa shape index (κ1) is 19.5. The van der Waals surface area contributed by atoms with Gasteiger partial charge in [0.15, 0.2) is 11.5 Å². The molecule has 0 spiro atoms. The fraction of sp³-hybridized carbons (Fsp3) is 0.381. The van der Waals surface area contributed by atoms with Gasteiger partial charge in [0.1, 0.15) is 17.5 Å². The SMILES string of the molecule is Cc1nc2cc(C(=O)N3CC[C@@H](C)[C@H](c4cc(C(F)F)nc5ncnn45)C3)ccc2o1. The van der Waals surface area contributed by atoms with Gasteiger partial charge in [-0.3, -0.25) is 4.79 Å². The van der Waals surface area contributed by atoms with Crippen molar-refractivity contribution < 1.29 is 18.0 Å². The van der Waals surface area contributed by atoms with E-state index in [2.05, 4.69) is 27.0 Å². The minimum atomic E-state index is -2.71. The normalized spacial score (nSPS) is 19.6. The molecular formula is C21H20F2N6O2. The fourth-order valence-corrected chi connectivity index (χ4v) is 4.23. The summed E-state index contributed by atoms with van der Waals surface area (Å²) < 4.78 is 33.8. The van der Waals surface area contributed by atoms with E-state index in [1.807, 2.05) is 0 Å². The molecule has 0 radical (unpaired) electrons. The Bertz CT molecular complexity index is 1280. The molecule has 0 saturated carbocycles. The number of carbonyl (C=O) groups excluding carboxylic acids is 1. The second-order valence-electron chi connectivity index (χ2n) is 7.92. The molecule has 0 aliphatic carbocycles. The molecule has 1 aromatic carbocycles. The number of nitrogens with zero attached hydrogens (tertiary/aromatic N) is 6. The summed E-state index contributed by atoms with van der Waals surface area (Å²) in [4.78, 5) is 27.2. The van der Waals surface area contributed by atoms with Gasteiger partial charge in [-0.1, -0.05) is 6.92 Å². The Balaban J connectivity index is 1.48. The maximum absolute atomic E-state index is 13.4. The van der Waals surface area contributed by atoms with E-state index >= 15 is 0 Å². The van der Waals surface area contributed by atoms with Gasteiger partial charge in [-0.05, 0) is 36.6 Å². The molecule has 10 heteroatoms. The van der Waals surface area contributed by atoms with Crippen molar-refractivity contribution in [1.82, 2.24) is 29.5 Å². The van der Waals surface area contributed by atoms with Crippen LogP contribution in [-0.2, 0) is 0 Å². The highest BCUT2D eigenvalue weighted by Crippen LogP contribution is 2.34. The van der Waals surface area contributed by atoms with E-state index in [-0.39, 0.29) is 29.2 Å². The predicted molar refractivity (Wildman–Crippen MR) is 107 cm³/mol. The smallest absolute Gasteiger partial charge is 0.280 e. The number of fused-ring (bicyclic) bond motifs is 2. The first-order valence-corrected chi connectivity index (χ1v) is 10.1. The third-order valence-corrected chi connectivity index (χ3v) is 5.89. The number of benzene rings is 1. The van der Waals surface area contributed by atoms with E-state index in [9.17, 15) is 13.6 Å². The third-order valence-electron chi connectivity index (χ3n) is 5.89. The van der Waals surface area contributed by atoms with Crippen LogP contribution in [0.3, 0.4) is 0 Å². The Morgan fingerprint density at radius 2 is 2.10 bits per heavy atom. The Morgan fingerprint density at radius 3 is 2.90 bits per heavy atom. The maximum atomic E-state index is 13.4. The number of aryl methyl sites for hydroxylation is 1.